The van der Waals surface area contributed by atoms with Crippen molar-refractivity contribution < 1.29 is 19.7 Å². The van der Waals surface area contributed by atoms with E-state index in [0.717, 1.165) is 36.8 Å². The average Bonchev–Trinajstić information content (AvgIpc) is 2.91. The Morgan fingerprint density at radius 1 is 1.33 bits per heavy atom. The number of aromatic hydroxyl groups is 1. The average molecular weight is 330 g/mol. The van der Waals surface area contributed by atoms with Gasteiger partial charge in [0.25, 0.3) is 0 Å². The molecule has 130 valence electrons. The number of hydrogen-bond acceptors (Lipinski definition) is 4. The lowest BCUT2D eigenvalue weighted by molar-refractivity contribution is -0.156. The molecule has 1 heterocycles. The first-order valence-corrected chi connectivity index (χ1v) is 9.04. The van der Waals surface area contributed by atoms with Crippen molar-refractivity contribution in [2.45, 2.75) is 63.6 Å². The van der Waals surface area contributed by atoms with E-state index < -0.39 is 11.2 Å². The number of phenols is 1. The van der Waals surface area contributed by atoms with Crippen LogP contribution in [0.1, 0.15) is 50.2 Å². The van der Waals surface area contributed by atoms with Crippen LogP contribution in [-0.4, -0.2) is 27.4 Å². The molecule has 2 saturated carbocycles. The van der Waals surface area contributed by atoms with E-state index in [1.54, 1.807) is 6.07 Å². The van der Waals surface area contributed by atoms with Gasteiger partial charge in [0.15, 0.2) is 0 Å². The number of benzene rings is 1. The summed E-state index contributed by atoms with van der Waals surface area (Å²) in [5.41, 5.74) is 0.725. The summed E-state index contributed by atoms with van der Waals surface area (Å²) in [6, 6.07) is 5.55. The summed E-state index contributed by atoms with van der Waals surface area (Å²) < 4.78 is 6.00. The summed E-state index contributed by atoms with van der Waals surface area (Å²) in [6.45, 7) is 3.75. The van der Waals surface area contributed by atoms with Crippen LogP contribution in [0, 0.1) is 24.7 Å². The fraction of sp³-hybridized carbons (Fsp3) is 0.650. The highest BCUT2D eigenvalue weighted by atomic mass is 16.6. The summed E-state index contributed by atoms with van der Waals surface area (Å²) in [7, 11) is 0. The van der Waals surface area contributed by atoms with Crippen molar-refractivity contribution in [2.75, 3.05) is 0 Å². The highest BCUT2D eigenvalue weighted by Crippen LogP contribution is 2.60. The van der Waals surface area contributed by atoms with Gasteiger partial charge in [-0.2, -0.15) is 0 Å². The van der Waals surface area contributed by atoms with E-state index in [2.05, 4.69) is 0 Å². The monoisotopic (exact) mass is 330 g/mol. The van der Waals surface area contributed by atoms with Crippen molar-refractivity contribution >= 4 is 5.97 Å². The number of phenolic OH excluding ortho intramolecular Hbond substituents is 1. The van der Waals surface area contributed by atoms with Crippen LogP contribution >= 0.6 is 0 Å². The maximum absolute atomic E-state index is 12.7. The molecule has 4 nitrogen and oxygen atoms in total. The lowest BCUT2D eigenvalue weighted by Gasteiger charge is -2.40. The molecular formula is C20H26O4. The van der Waals surface area contributed by atoms with Gasteiger partial charge in [-0.05, 0) is 56.7 Å². The van der Waals surface area contributed by atoms with Crippen molar-refractivity contribution in [1.29, 1.82) is 0 Å². The molecule has 2 aliphatic carbocycles. The van der Waals surface area contributed by atoms with Crippen LogP contribution in [0.15, 0.2) is 18.2 Å². The molecule has 4 rings (SSSR count). The van der Waals surface area contributed by atoms with Crippen molar-refractivity contribution in [2.24, 2.45) is 17.8 Å². The smallest absolute Gasteiger partial charge is 0.310 e. The third-order valence-electron chi connectivity index (χ3n) is 6.53. The van der Waals surface area contributed by atoms with E-state index in [9.17, 15) is 15.0 Å². The minimum Gasteiger partial charge on any atom is -0.508 e. The molecule has 2 N–H and O–H groups in total. The van der Waals surface area contributed by atoms with Gasteiger partial charge in [0.1, 0.15) is 11.4 Å². The zero-order valence-corrected chi connectivity index (χ0v) is 14.4. The van der Waals surface area contributed by atoms with Crippen LogP contribution < -0.4 is 0 Å². The predicted molar refractivity (Wildman–Crippen MR) is 89.5 cm³/mol. The fourth-order valence-electron chi connectivity index (χ4n) is 5.61. The molecule has 0 aromatic heterocycles. The second-order valence-electron chi connectivity index (χ2n) is 8.42. The molecule has 4 heteroatoms. The Morgan fingerprint density at radius 2 is 2.12 bits per heavy atom. The minimum absolute atomic E-state index is 0.102. The topological polar surface area (TPSA) is 66.8 Å². The van der Waals surface area contributed by atoms with Gasteiger partial charge in [0.2, 0.25) is 0 Å². The van der Waals surface area contributed by atoms with Gasteiger partial charge in [-0.3, -0.25) is 4.79 Å². The molecule has 5 atom stereocenters. The molecule has 1 saturated heterocycles. The van der Waals surface area contributed by atoms with Crippen LogP contribution in [0.3, 0.4) is 0 Å². The van der Waals surface area contributed by atoms with E-state index in [-0.39, 0.29) is 23.6 Å². The molecule has 0 amide bonds. The van der Waals surface area contributed by atoms with E-state index in [1.807, 2.05) is 26.0 Å². The lowest BCUT2D eigenvalue weighted by Crippen LogP contribution is -2.44. The molecular weight excluding hydrogens is 304 g/mol. The number of carbonyl (C=O) groups excluding carboxylic acids is 1. The van der Waals surface area contributed by atoms with Crippen molar-refractivity contribution in [3.63, 3.8) is 0 Å². The minimum atomic E-state index is -0.725. The van der Waals surface area contributed by atoms with Crippen LogP contribution in [0.25, 0.3) is 0 Å². The molecule has 0 bridgehead atoms. The van der Waals surface area contributed by atoms with Crippen LogP contribution in [-0.2, 0) is 16.0 Å². The molecule has 1 aromatic rings. The van der Waals surface area contributed by atoms with Crippen LogP contribution in [0.2, 0.25) is 0 Å². The van der Waals surface area contributed by atoms with Crippen molar-refractivity contribution in [3.8, 4) is 5.75 Å². The van der Waals surface area contributed by atoms with E-state index in [1.165, 1.54) is 0 Å². The quantitative estimate of drug-likeness (QED) is 0.818. The summed E-state index contributed by atoms with van der Waals surface area (Å²) in [4.78, 5) is 12.7. The summed E-state index contributed by atoms with van der Waals surface area (Å²) in [5.74, 6) is 0.545. The first-order valence-electron chi connectivity index (χ1n) is 9.04. The SMILES string of the molecule is Cc1cc(C[C@H]2C(=O)O[C@@]34C[C@](C)(O)C[C@H]3CCC[C@@H]24)ccc1O. The zero-order valence-electron chi connectivity index (χ0n) is 14.4. The molecule has 1 aliphatic heterocycles. The van der Waals surface area contributed by atoms with Gasteiger partial charge < -0.3 is 14.9 Å². The standard InChI is InChI=1S/C20H26O4/c1-12-8-13(6-7-17(12)21)9-15-16-5-3-4-14-10-19(2,23)11-20(14,16)24-18(15)22/h6-8,14-16,21,23H,3-5,9-11H2,1-2H3/t14-,15-,16+,19-,20+/m1/s1. The van der Waals surface area contributed by atoms with Gasteiger partial charge >= 0.3 is 5.97 Å². The first-order chi connectivity index (χ1) is 11.3. The van der Waals surface area contributed by atoms with Crippen molar-refractivity contribution in [1.82, 2.24) is 0 Å². The maximum Gasteiger partial charge on any atom is 0.310 e. The Morgan fingerprint density at radius 3 is 2.88 bits per heavy atom. The third-order valence-corrected chi connectivity index (χ3v) is 6.53. The second-order valence-corrected chi connectivity index (χ2v) is 8.42. The highest BCUT2D eigenvalue weighted by Gasteiger charge is 2.65. The predicted octanol–water partition coefficient (Wildman–Crippen LogP) is 3.12. The molecule has 1 spiro atoms. The van der Waals surface area contributed by atoms with E-state index in [0.29, 0.717) is 18.8 Å². The van der Waals surface area contributed by atoms with E-state index in [4.69, 9.17) is 4.74 Å². The number of aliphatic hydroxyl groups is 1. The Kier molecular flexibility index (Phi) is 3.47. The fourth-order valence-corrected chi connectivity index (χ4v) is 5.61. The van der Waals surface area contributed by atoms with Gasteiger partial charge in [-0.25, -0.2) is 0 Å². The molecule has 1 aromatic carbocycles. The maximum atomic E-state index is 12.7. The van der Waals surface area contributed by atoms with E-state index >= 15 is 0 Å². The molecule has 3 aliphatic rings. The molecule has 3 fully saturated rings. The number of hydrogen-bond donors (Lipinski definition) is 2. The van der Waals surface area contributed by atoms with Crippen LogP contribution in [0.5, 0.6) is 5.75 Å². The number of carbonyl (C=O) groups is 1. The second kappa shape index (κ2) is 5.22. The zero-order chi connectivity index (χ0) is 17.1. The molecule has 0 radical (unpaired) electrons. The van der Waals surface area contributed by atoms with Crippen LogP contribution in [0.4, 0.5) is 0 Å². The van der Waals surface area contributed by atoms with Crippen molar-refractivity contribution in [3.05, 3.63) is 29.3 Å². The number of rotatable bonds is 2. The number of aryl methyl sites for hydroxylation is 1. The largest absolute Gasteiger partial charge is 0.508 e. The summed E-state index contributed by atoms with van der Waals surface area (Å²) >= 11 is 0. The Balaban J connectivity index is 1.63. The Hall–Kier alpha value is -1.55. The lowest BCUT2D eigenvalue weighted by atomic mass is 9.66. The first kappa shape index (κ1) is 15.9. The van der Waals surface area contributed by atoms with Gasteiger partial charge in [0.05, 0.1) is 11.5 Å². The Bertz CT molecular complexity index is 680. The van der Waals surface area contributed by atoms with Gasteiger partial charge in [-0.15, -0.1) is 0 Å². The summed E-state index contributed by atoms with van der Waals surface area (Å²) in [5, 5.41) is 20.3. The van der Waals surface area contributed by atoms with Gasteiger partial charge in [-0.1, -0.05) is 18.6 Å². The third kappa shape index (κ3) is 2.34. The highest BCUT2D eigenvalue weighted by molar-refractivity contribution is 5.77. The molecule has 24 heavy (non-hydrogen) atoms. The summed E-state index contributed by atoms with van der Waals surface area (Å²) in [6.07, 6.45) is 5.12. The number of esters is 1. The van der Waals surface area contributed by atoms with Gasteiger partial charge in [0, 0.05) is 18.3 Å². The normalized spacial score (nSPS) is 41.0. The Labute approximate surface area is 142 Å². The number of ether oxygens (including phenoxy) is 1. The molecule has 0 unspecified atom stereocenters.